The van der Waals surface area contributed by atoms with E-state index in [4.69, 9.17) is 22.7 Å². The average molecular weight is 441 g/mol. The molecule has 2 fully saturated rings. The van der Waals surface area contributed by atoms with Crippen LogP contribution in [0.3, 0.4) is 0 Å². The first-order valence-corrected chi connectivity index (χ1v) is 11.7. The fourth-order valence-corrected chi connectivity index (χ4v) is 4.74. The lowest BCUT2D eigenvalue weighted by atomic mass is 9.97. The quantitative estimate of drug-likeness (QED) is 0.673. The van der Waals surface area contributed by atoms with Crippen LogP contribution in [-0.4, -0.2) is 52.7 Å². The largest absolute Gasteiger partial charge is 0.444 e. The third-order valence-corrected chi connectivity index (χ3v) is 6.85. The number of likely N-dealkylation sites (tertiary alicyclic amines) is 1. The van der Waals surface area contributed by atoms with E-state index in [-0.39, 0.29) is 12.0 Å². The predicted octanol–water partition coefficient (Wildman–Crippen LogP) is 4.15. The molecule has 2 aliphatic heterocycles. The summed E-state index contributed by atoms with van der Waals surface area (Å²) in [5, 5.41) is 4.74. The second kappa shape index (κ2) is 10.7. The first-order valence-electron chi connectivity index (χ1n) is 10.5. The van der Waals surface area contributed by atoms with Crippen molar-refractivity contribution in [1.82, 2.24) is 15.2 Å². The van der Waals surface area contributed by atoms with Crippen LogP contribution >= 0.6 is 23.6 Å². The van der Waals surface area contributed by atoms with Gasteiger partial charge in [-0.2, -0.15) is 0 Å². The van der Waals surface area contributed by atoms with Gasteiger partial charge in [-0.25, -0.2) is 9.78 Å². The van der Waals surface area contributed by atoms with Gasteiger partial charge in [0.25, 0.3) is 0 Å². The molecule has 1 aromatic heterocycles. The molecule has 1 amide bonds. The number of nitrogens with zero attached hydrogens (tertiary/aromatic N) is 2. The average Bonchev–Trinajstić information content (AvgIpc) is 3.00. The number of nitrogens with two attached hydrogens (primary N) is 1. The van der Waals surface area contributed by atoms with E-state index in [9.17, 15) is 4.79 Å². The van der Waals surface area contributed by atoms with Crippen molar-refractivity contribution >= 4 is 34.6 Å². The fourth-order valence-electron chi connectivity index (χ4n) is 3.41. The van der Waals surface area contributed by atoms with Crippen molar-refractivity contribution in [3.8, 4) is 0 Å². The van der Waals surface area contributed by atoms with Crippen molar-refractivity contribution in [2.75, 3.05) is 26.2 Å². The van der Waals surface area contributed by atoms with Gasteiger partial charge in [0, 0.05) is 29.8 Å². The van der Waals surface area contributed by atoms with Crippen LogP contribution in [0.1, 0.15) is 68.0 Å². The lowest BCUT2D eigenvalue weighted by Crippen LogP contribution is -2.43. The number of thiocarbonyl (C=S) groups is 1. The highest BCUT2D eigenvalue weighted by Crippen LogP contribution is 2.30. The van der Waals surface area contributed by atoms with Crippen LogP contribution in [0, 0.1) is 19.8 Å². The minimum Gasteiger partial charge on any atom is -0.444 e. The molecule has 3 heterocycles. The number of amides is 1. The van der Waals surface area contributed by atoms with E-state index in [1.165, 1.54) is 28.4 Å². The molecule has 8 heteroatoms. The van der Waals surface area contributed by atoms with Gasteiger partial charge in [0.15, 0.2) is 0 Å². The second-order valence-corrected chi connectivity index (χ2v) is 10.6. The van der Waals surface area contributed by atoms with Crippen molar-refractivity contribution in [3.63, 3.8) is 0 Å². The molecule has 0 bridgehead atoms. The molecule has 164 valence electrons. The van der Waals surface area contributed by atoms with Crippen LogP contribution in [0.25, 0.3) is 0 Å². The van der Waals surface area contributed by atoms with Gasteiger partial charge >= 0.3 is 6.09 Å². The fraction of sp³-hybridized carbons (Fsp3) is 0.762. The Hall–Kier alpha value is -1.25. The van der Waals surface area contributed by atoms with Crippen molar-refractivity contribution < 1.29 is 9.53 Å². The Kier molecular flexibility index (Phi) is 8.85. The molecular weight excluding hydrogens is 404 g/mol. The molecule has 2 saturated heterocycles. The summed E-state index contributed by atoms with van der Waals surface area (Å²) >= 11 is 6.83. The van der Waals surface area contributed by atoms with E-state index in [0.29, 0.717) is 18.1 Å². The number of nitrogens with one attached hydrogen (secondary N) is 1. The standard InChI is InChI=1S/C11H20N2O2S.C10H16N2S/c1-11(2,3)15-10(14)13-6-4-8(5-7-13)9(12)16;1-7-8(2)13-10(12-7)9-3-5-11-6-4-9/h8H,4-7H2,1-3H3,(H2,12,16);9,11H,3-6H2,1-2H3. The van der Waals surface area contributed by atoms with Crippen LogP contribution < -0.4 is 11.1 Å². The Morgan fingerprint density at radius 1 is 1.21 bits per heavy atom. The highest BCUT2D eigenvalue weighted by Gasteiger charge is 2.27. The molecule has 0 aromatic carbocycles. The zero-order valence-corrected chi connectivity index (χ0v) is 20.0. The predicted molar refractivity (Wildman–Crippen MR) is 124 cm³/mol. The highest BCUT2D eigenvalue weighted by atomic mass is 32.1. The summed E-state index contributed by atoms with van der Waals surface area (Å²) in [6.45, 7) is 13.5. The molecule has 0 radical (unpaired) electrons. The van der Waals surface area contributed by atoms with Crippen molar-refractivity contribution in [2.24, 2.45) is 11.7 Å². The minimum absolute atomic E-state index is 0.242. The number of carbonyl (C=O) groups is 1. The van der Waals surface area contributed by atoms with Gasteiger partial charge in [-0.3, -0.25) is 0 Å². The summed E-state index contributed by atoms with van der Waals surface area (Å²) in [6.07, 6.45) is 3.95. The number of hydrogen-bond donors (Lipinski definition) is 2. The van der Waals surface area contributed by atoms with Crippen LogP contribution in [-0.2, 0) is 4.74 Å². The van der Waals surface area contributed by atoms with E-state index < -0.39 is 5.60 Å². The molecule has 0 saturated carbocycles. The maximum atomic E-state index is 11.7. The molecule has 2 aliphatic rings. The number of hydrogen-bond acceptors (Lipinski definition) is 6. The zero-order valence-electron chi connectivity index (χ0n) is 18.4. The Morgan fingerprint density at radius 2 is 1.79 bits per heavy atom. The van der Waals surface area contributed by atoms with Crippen LogP contribution in [0.4, 0.5) is 4.79 Å². The molecule has 6 nitrogen and oxygen atoms in total. The molecule has 3 N–H and O–H groups in total. The monoisotopic (exact) mass is 440 g/mol. The molecule has 0 spiro atoms. The second-order valence-electron chi connectivity index (χ2n) is 8.86. The summed E-state index contributed by atoms with van der Waals surface area (Å²) in [5.41, 5.74) is 6.37. The molecular formula is C21H36N4O2S2. The van der Waals surface area contributed by atoms with Crippen LogP contribution in [0.5, 0.6) is 0 Å². The van der Waals surface area contributed by atoms with Gasteiger partial charge in [-0.05, 0) is 73.4 Å². The van der Waals surface area contributed by atoms with E-state index in [1.54, 1.807) is 4.90 Å². The maximum absolute atomic E-state index is 11.7. The summed E-state index contributed by atoms with van der Waals surface area (Å²) < 4.78 is 5.30. The molecule has 3 rings (SSSR count). The lowest BCUT2D eigenvalue weighted by Gasteiger charge is -2.33. The first-order chi connectivity index (χ1) is 13.6. The molecule has 0 unspecified atom stereocenters. The SMILES string of the molecule is CC(C)(C)OC(=O)N1CCC(C(N)=S)CC1.Cc1nc(C2CCNCC2)sc1C. The maximum Gasteiger partial charge on any atom is 0.410 e. The van der Waals surface area contributed by atoms with Gasteiger partial charge in [0.2, 0.25) is 0 Å². The topological polar surface area (TPSA) is 80.5 Å². The number of thiazole rings is 1. The number of ether oxygens (including phenoxy) is 1. The van der Waals surface area contributed by atoms with Gasteiger partial charge < -0.3 is 20.7 Å². The zero-order chi connectivity index (χ0) is 21.6. The molecule has 29 heavy (non-hydrogen) atoms. The van der Waals surface area contributed by atoms with Gasteiger partial charge in [-0.1, -0.05) is 12.2 Å². The van der Waals surface area contributed by atoms with Crippen molar-refractivity contribution in [3.05, 3.63) is 15.6 Å². The van der Waals surface area contributed by atoms with Crippen LogP contribution in [0.2, 0.25) is 0 Å². The Morgan fingerprint density at radius 3 is 2.24 bits per heavy atom. The number of aryl methyl sites for hydroxylation is 2. The lowest BCUT2D eigenvalue weighted by molar-refractivity contribution is 0.0202. The van der Waals surface area contributed by atoms with Crippen molar-refractivity contribution in [1.29, 1.82) is 0 Å². The van der Waals surface area contributed by atoms with E-state index in [0.717, 1.165) is 31.8 Å². The van der Waals surface area contributed by atoms with Gasteiger partial charge in [0.05, 0.1) is 15.7 Å². The summed E-state index contributed by atoms with van der Waals surface area (Å²) in [4.78, 5) is 20.0. The summed E-state index contributed by atoms with van der Waals surface area (Å²) in [7, 11) is 0. The Bertz CT molecular complexity index is 666. The Labute approximate surface area is 184 Å². The third kappa shape index (κ3) is 7.83. The minimum atomic E-state index is -0.433. The third-order valence-electron chi connectivity index (χ3n) is 5.28. The number of piperidine rings is 2. The number of carbonyl (C=O) groups excluding carboxylic acids is 1. The highest BCUT2D eigenvalue weighted by molar-refractivity contribution is 7.80. The summed E-state index contributed by atoms with van der Waals surface area (Å²) in [5.74, 6) is 0.993. The summed E-state index contributed by atoms with van der Waals surface area (Å²) in [6, 6.07) is 0. The van der Waals surface area contributed by atoms with E-state index >= 15 is 0 Å². The van der Waals surface area contributed by atoms with Gasteiger partial charge in [0.1, 0.15) is 5.60 Å². The molecule has 0 atom stereocenters. The van der Waals surface area contributed by atoms with E-state index in [2.05, 4.69) is 24.1 Å². The van der Waals surface area contributed by atoms with Crippen molar-refractivity contribution in [2.45, 2.75) is 71.8 Å². The first kappa shape index (κ1) is 24.0. The normalized spacial score (nSPS) is 18.7. The smallest absolute Gasteiger partial charge is 0.410 e. The number of rotatable bonds is 2. The van der Waals surface area contributed by atoms with E-state index in [1.807, 2.05) is 32.1 Å². The Balaban J connectivity index is 0.000000211. The molecule has 1 aromatic rings. The van der Waals surface area contributed by atoms with Crippen LogP contribution in [0.15, 0.2) is 0 Å². The van der Waals surface area contributed by atoms with Gasteiger partial charge in [-0.15, -0.1) is 11.3 Å². The number of aromatic nitrogens is 1. The molecule has 0 aliphatic carbocycles.